The average Bonchev–Trinajstić information content (AvgIpc) is 2.87. The second kappa shape index (κ2) is 5.90. The number of alkyl halides is 1. The van der Waals surface area contributed by atoms with Crippen LogP contribution in [-0.4, -0.2) is 17.5 Å². The van der Waals surface area contributed by atoms with Crippen LogP contribution < -0.4 is 4.90 Å². The number of halogens is 1. The molecule has 1 fully saturated rings. The van der Waals surface area contributed by atoms with Gasteiger partial charge in [-0.2, -0.15) is 0 Å². The number of rotatable bonds is 4. The van der Waals surface area contributed by atoms with Crippen LogP contribution in [0.4, 0.5) is 11.4 Å². The quantitative estimate of drug-likeness (QED) is 0.475. The standard InChI is InChI=1S/C14H19BrN2O2/c1-10(2)12-4-3-7-16(12)13-6-5-11(9-15)8-14(13)17(18)19/h5-6,8,10,12H,3-4,7,9H2,1-2H3. The van der Waals surface area contributed by atoms with Crippen LogP contribution in [0.3, 0.4) is 0 Å². The van der Waals surface area contributed by atoms with Crippen LogP contribution in [-0.2, 0) is 5.33 Å². The third-order valence-corrected chi connectivity index (χ3v) is 4.42. The van der Waals surface area contributed by atoms with Gasteiger partial charge >= 0.3 is 0 Å². The van der Waals surface area contributed by atoms with Crippen LogP contribution >= 0.6 is 15.9 Å². The van der Waals surface area contributed by atoms with Gasteiger partial charge in [0.15, 0.2) is 0 Å². The number of nitro benzene ring substituents is 1. The highest BCUT2D eigenvalue weighted by molar-refractivity contribution is 9.08. The van der Waals surface area contributed by atoms with Crippen molar-refractivity contribution in [1.29, 1.82) is 0 Å². The molecular formula is C14H19BrN2O2. The van der Waals surface area contributed by atoms with E-state index in [1.54, 1.807) is 6.07 Å². The van der Waals surface area contributed by atoms with Crippen molar-refractivity contribution < 1.29 is 4.92 Å². The Labute approximate surface area is 122 Å². The summed E-state index contributed by atoms with van der Waals surface area (Å²) >= 11 is 3.35. The van der Waals surface area contributed by atoms with Crippen LogP contribution in [0.2, 0.25) is 0 Å². The molecule has 0 bridgehead atoms. The molecule has 1 heterocycles. The van der Waals surface area contributed by atoms with E-state index in [1.807, 2.05) is 12.1 Å². The first-order valence-corrected chi connectivity index (χ1v) is 7.76. The summed E-state index contributed by atoms with van der Waals surface area (Å²) in [5.74, 6) is 0.512. The Morgan fingerprint density at radius 2 is 2.26 bits per heavy atom. The van der Waals surface area contributed by atoms with E-state index >= 15 is 0 Å². The van der Waals surface area contributed by atoms with E-state index < -0.39 is 0 Å². The minimum Gasteiger partial charge on any atom is -0.363 e. The maximum Gasteiger partial charge on any atom is 0.292 e. The van der Waals surface area contributed by atoms with Gasteiger partial charge in [0.1, 0.15) is 5.69 Å². The molecule has 1 aliphatic rings. The molecule has 0 saturated carbocycles. The summed E-state index contributed by atoms with van der Waals surface area (Å²) in [5.41, 5.74) is 1.94. The van der Waals surface area contributed by atoms with Crippen LogP contribution in [0.5, 0.6) is 0 Å². The van der Waals surface area contributed by atoms with E-state index in [0.717, 1.165) is 30.6 Å². The first-order chi connectivity index (χ1) is 9.04. The molecule has 0 N–H and O–H groups in total. The van der Waals surface area contributed by atoms with Gasteiger partial charge < -0.3 is 4.90 Å². The average molecular weight is 327 g/mol. The van der Waals surface area contributed by atoms with E-state index in [-0.39, 0.29) is 10.6 Å². The SMILES string of the molecule is CC(C)C1CCCN1c1ccc(CBr)cc1[N+](=O)[O-]. The lowest BCUT2D eigenvalue weighted by atomic mass is 10.0. The smallest absolute Gasteiger partial charge is 0.292 e. The molecule has 4 nitrogen and oxygen atoms in total. The van der Waals surface area contributed by atoms with Gasteiger partial charge in [0.25, 0.3) is 5.69 Å². The molecule has 104 valence electrons. The maximum atomic E-state index is 11.3. The van der Waals surface area contributed by atoms with Crippen LogP contribution in [0.1, 0.15) is 32.3 Å². The molecule has 0 aliphatic carbocycles. The van der Waals surface area contributed by atoms with Gasteiger partial charge in [-0.3, -0.25) is 10.1 Å². The second-order valence-electron chi connectivity index (χ2n) is 5.36. The Hall–Kier alpha value is -1.10. The fraction of sp³-hybridized carbons (Fsp3) is 0.571. The Bertz CT molecular complexity index is 477. The van der Waals surface area contributed by atoms with Gasteiger partial charge in [-0.05, 0) is 30.4 Å². The normalized spacial score (nSPS) is 19.2. The molecule has 1 aliphatic heterocycles. The highest BCUT2D eigenvalue weighted by atomic mass is 79.9. The molecule has 1 aromatic rings. The Balaban J connectivity index is 2.41. The molecule has 0 aromatic heterocycles. The lowest BCUT2D eigenvalue weighted by Gasteiger charge is -2.29. The number of benzene rings is 1. The summed E-state index contributed by atoms with van der Waals surface area (Å²) < 4.78 is 0. The molecule has 5 heteroatoms. The highest BCUT2D eigenvalue weighted by Gasteiger charge is 2.31. The molecular weight excluding hydrogens is 308 g/mol. The first kappa shape index (κ1) is 14.3. The molecule has 1 unspecified atom stereocenters. The summed E-state index contributed by atoms with van der Waals surface area (Å²) in [6.07, 6.45) is 2.23. The molecule has 1 atom stereocenters. The summed E-state index contributed by atoms with van der Waals surface area (Å²) in [4.78, 5) is 13.2. The third-order valence-electron chi connectivity index (χ3n) is 3.77. The Morgan fingerprint density at radius 3 is 2.84 bits per heavy atom. The number of nitrogens with zero attached hydrogens (tertiary/aromatic N) is 2. The van der Waals surface area contributed by atoms with Gasteiger partial charge in [-0.15, -0.1) is 0 Å². The lowest BCUT2D eigenvalue weighted by Crippen LogP contribution is -2.33. The third kappa shape index (κ3) is 2.91. The summed E-state index contributed by atoms with van der Waals surface area (Å²) in [5, 5.41) is 11.9. The Kier molecular flexibility index (Phi) is 4.45. The number of nitro groups is 1. The van der Waals surface area contributed by atoms with Crippen molar-refractivity contribution in [2.75, 3.05) is 11.4 Å². The van der Waals surface area contributed by atoms with Crippen LogP contribution in [0.25, 0.3) is 0 Å². The van der Waals surface area contributed by atoms with Gasteiger partial charge in [0, 0.05) is 24.0 Å². The maximum absolute atomic E-state index is 11.3. The molecule has 0 spiro atoms. The minimum absolute atomic E-state index is 0.226. The molecule has 0 radical (unpaired) electrons. The van der Waals surface area contributed by atoms with E-state index in [9.17, 15) is 10.1 Å². The minimum atomic E-state index is -0.267. The second-order valence-corrected chi connectivity index (χ2v) is 5.92. The van der Waals surface area contributed by atoms with E-state index in [4.69, 9.17) is 0 Å². The van der Waals surface area contributed by atoms with Gasteiger partial charge in [-0.1, -0.05) is 35.8 Å². The van der Waals surface area contributed by atoms with Gasteiger partial charge in [0.2, 0.25) is 0 Å². The van der Waals surface area contributed by atoms with Crippen molar-refractivity contribution in [3.8, 4) is 0 Å². The van der Waals surface area contributed by atoms with Crippen molar-refractivity contribution in [3.05, 3.63) is 33.9 Å². The predicted octanol–water partition coefficient (Wildman–Crippen LogP) is 4.11. The molecule has 19 heavy (non-hydrogen) atoms. The molecule has 0 amide bonds. The van der Waals surface area contributed by atoms with E-state index in [0.29, 0.717) is 17.3 Å². The van der Waals surface area contributed by atoms with Gasteiger partial charge in [0.05, 0.1) is 4.92 Å². The predicted molar refractivity (Wildman–Crippen MR) is 80.9 cm³/mol. The largest absolute Gasteiger partial charge is 0.363 e. The van der Waals surface area contributed by atoms with Crippen molar-refractivity contribution in [3.63, 3.8) is 0 Å². The molecule has 2 rings (SSSR count). The zero-order chi connectivity index (χ0) is 14.0. The fourth-order valence-corrected chi connectivity index (χ4v) is 3.17. The highest BCUT2D eigenvalue weighted by Crippen LogP contribution is 2.36. The lowest BCUT2D eigenvalue weighted by molar-refractivity contribution is -0.384. The van der Waals surface area contributed by atoms with Gasteiger partial charge in [-0.25, -0.2) is 0 Å². The Morgan fingerprint density at radius 1 is 1.53 bits per heavy atom. The fourth-order valence-electron chi connectivity index (χ4n) is 2.83. The zero-order valence-electron chi connectivity index (χ0n) is 11.3. The van der Waals surface area contributed by atoms with Crippen molar-refractivity contribution in [1.82, 2.24) is 0 Å². The topological polar surface area (TPSA) is 46.4 Å². The number of anilines is 1. The van der Waals surface area contributed by atoms with Crippen LogP contribution in [0.15, 0.2) is 18.2 Å². The van der Waals surface area contributed by atoms with Crippen molar-refractivity contribution >= 4 is 27.3 Å². The van der Waals surface area contributed by atoms with Crippen molar-refractivity contribution in [2.24, 2.45) is 5.92 Å². The van der Waals surface area contributed by atoms with E-state index in [2.05, 4.69) is 34.7 Å². The molecule has 1 aromatic carbocycles. The monoisotopic (exact) mass is 326 g/mol. The summed E-state index contributed by atoms with van der Waals surface area (Å²) in [7, 11) is 0. The zero-order valence-corrected chi connectivity index (χ0v) is 12.9. The van der Waals surface area contributed by atoms with Crippen molar-refractivity contribution in [2.45, 2.75) is 38.1 Å². The van der Waals surface area contributed by atoms with Crippen LogP contribution in [0, 0.1) is 16.0 Å². The molecule has 1 saturated heterocycles. The first-order valence-electron chi connectivity index (χ1n) is 6.64. The number of hydrogen-bond donors (Lipinski definition) is 0. The summed E-state index contributed by atoms with van der Waals surface area (Å²) in [6, 6.07) is 5.95. The summed E-state index contributed by atoms with van der Waals surface area (Å²) in [6.45, 7) is 5.28. The van der Waals surface area contributed by atoms with E-state index in [1.165, 1.54) is 0 Å². The number of hydrogen-bond acceptors (Lipinski definition) is 3.